The molecule has 0 bridgehead atoms. The Balaban J connectivity index is 1.79. The van der Waals surface area contributed by atoms with Gasteiger partial charge in [0.1, 0.15) is 35.5 Å². The summed E-state index contributed by atoms with van der Waals surface area (Å²) >= 11 is 0. The van der Waals surface area contributed by atoms with Crippen LogP contribution in [0.4, 0.5) is 8.78 Å². The molecule has 0 aliphatic heterocycles. The second-order valence-electron chi connectivity index (χ2n) is 7.16. The standard InChI is InChI=1S/C24H19F2N3O/c1-15-16(2)29(13-17-3-7-19(25)8-4-17)23-22(15)11-21(12-27)28-24(23)30-14-18-5-9-20(26)10-6-18/h3-11H,13-14H2,1-2H3. The Bertz CT molecular complexity index is 1250. The molecular formula is C24H19F2N3O. The Morgan fingerprint density at radius 2 is 1.57 bits per heavy atom. The predicted octanol–water partition coefficient (Wildman–Crippen LogP) is 5.43. The third-order valence-corrected chi connectivity index (χ3v) is 5.24. The molecule has 4 aromatic rings. The summed E-state index contributed by atoms with van der Waals surface area (Å²) in [6.45, 7) is 4.69. The van der Waals surface area contributed by atoms with Crippen LogP contribution in [0.3, 0.4) is 0 Å². The summed E-state index contributed by atoms with van der Waals surface area (Å²) in [6.07, 6.45) is 0. The van der Waals surface area contributed by atoms with Gasteiger partial charge in [0.05, 0.1) is 0 Å². The summed E-state index contributed by atoms with van der Waals surface area (Å²) < 4.78 is 34.5. The number of nitriles is 1. The van der Waals surface area contributed by atoms with Crippen molar-refractivity contribution in [1.82, 2.24) is 9.55 Å². The van der Waals surface area contributed by atoms with E-state index in [4.69, 9.17) is 4.74 Å². The lowest BCUT2D eigenvalue weighted by Crippen LogP contribution is -2.06. The lowest BCUT2D eigenvalue weighted by atomic mass is 10.1. The summed E-state index contributed by atoms with van der Waals surface area (Å²) in [7, 11) is 0. The molecule has 4 rings (SSSR count). The number of ether oxygens (including phenoxy) is 1. The van der Waals surface area contributed by atoms with Crippen molar-refractivity contribution in [3.63, 3.8) is 0 Å². The molecule has 0 atom stereocenters. The van der Waals surface area contributed by atoms with Gasteiger partial charge in [0.25, 0.3) is 0 Å². The topological polar surface area (TPSA) is 50.8 Å². The molecule has 0 aliphatic carbocycles. The van der Waals surface area contributed by atoms with Crippen molar-refractivity contribution in [2.45, 2.75) is 27.0 Å². The fourth-order valence-electron chi connectivity index (χ4n) is 3.49. The van der Waals surface area contributed by atoms with E-state index in [0.717, 1.165) is 33.3 Å². The highest BCUT2D eigenvalue weighted by atomic mass is 19.1. The predicted molar refractivity (Wildman–Crippen MR) is 110 cm³/mol. The normalized spacial score (nSPS) is 10.9. The van der Waals surface area contributed by atoms with E-state index in [1.165, 1.54) is 24.3 Å². The van der Waals surface area contributed by atoms with Gasteiger partial charge in [0.15, 0.2) is 0 Å². The molecule has 0 aliphatic rings. The minimum absolute atomic E-state index is 0.192. The number of hydrogen-bond donors (Lipinski definition) is 0. The molecule has 4 nitrogen and oxygen atoms in total. The molecule has 2 aromatic carbocycles. The maximum Gasteiger partial charge on any atom is 0.240 e. The maximum atomic E-state index is 13.3. The van der Waals surface area contributed by atoms with Crippen LogP contribution in [0.1, 0.15) is 28.1 Å². The van der Waals surface area contributed by atoms with Crippen LogP contribution >= 0.6 is 0 Å². The molecule has 0 radical (unpaired) electrons. The first-order valence-corrected chi connectivity index (χ1v) is 9.48. The third-order valence-electron chi connectivity index (χ3n) is 5.24. The molecule has 0 unspecified atom stereocenters. The van der Waals surface area contributed by atoms with Crippen molar-refractivity contribution >= 4 is 10.9 Å². The van der Waals surface area contributed by atoms with Gasteiger partial charge >= 0.3 is 0 Å². The van der Waals surface area contributed by atoms with E-state index >= 15 is 0 Å². The zero-order chi connectivity index (χ0) is 21.3. The highest BCUT2D eigenvalue weighted by molar-refractivity contribution is 5.90. The molecule has 2 aromatic heterocycles. The molecule has 150 valence electrons. The van der Waals surface area contributed by atoms with E-state index in [-0.39, 0.29) is 23.9 Å². The van der Waals surface area contributed by atoms with Gasteiger partial charge in [-0.15, -0.1) is 0 Å². The Morgan fingerprint density at radius 3 is 2.17 bits per heavy atom. The zero-order valence-electron chi connectivity index (χ0n) is 16.6. The first kappa shape index (κ1) is 19.6. The molecule has 0 saturated heterocycles. The molecule has 0 N–H and O–H groups in total. The van der Waals surface area contributed by atoms with Crippen LogP contribution in [-0.2, 0) is 13.2 Å². The molecule has 0 spiro atoms. The van der Waals surface area contributed by atoms with Crippen molar-refractivity contribution in [1.29, 1.82) is 5.26 Å². The SMILES string of the molecule is Cc1c(C)n(Cc2ccc(F)cc2)c2c(OCc3ccc(F)cc3)nc(C#N)cc12. The average molecular weight is 403 g/mol. The van der Waals surface area contributed by atoms with Crippen LogP contribution in [0.15, 0.2) is 54.6 Å². The van der Waals surface area contributed by atoms with Crippen molar-refractivity contribution in [3.05, 3.63) is 94.3 Å². The molecule has 0 amide bonds. The van der Waals surface area contributed by atoms with Gasteiger partial charge in [-0.3, -0.25) is 0 Å². The first-order chi connectivity index (χ1) is 14.5. The van der Waals surface area contributed by atoms with Crippen molar-refractivity contribution in [2.75, 3.05) is 0 Å². The second-order valence-corrected chi connectivity index (χ2v) is 7.16. The summed E-state index contributed by atoms with van der Waals surface area (Å²) in [4.78, 5) is 4.38. The van der Waals surface area contributed by atoms with Crippen molar-refractivity contribution in [3.8, 4) is 11.9 Å². The lowest BCUT2D eigenvalue weighted by Gasteiger charge is -2.13. The monoisotopic (exact) mass is 403 g/mol. The minimum Gasteiger partial charge on any atom is -0.471 e. The van der Waals surface area contributed by atoms with Crippen LogP contribution in [0.2, 0.25) is 0 Å². The van der Waals surface area contributed by atoms with Crippen LogP contribution in [0.5, 0.6) is 5.88 Å². The Labute approximate surface area is 173 Å². The highest BCUT2D eigenvalue weighted by Crippen LogP contribution is 2.33. The van der Waals surface area contributed by atoms with Gasteiger partial charge in [0, 0.05) is 17.6 Å². The fourth-order valence-corrected chi connectivity index (χ4v) is 3.49. The van der Waals surface area contributed by atoms with E-state index in [0.29, 0.717) is 12.4 Å². The van der Waals surface area contributed by atoms with Crippen LogP contribution < -0.4 is 4.74 Å². The minimum atomic E-state index is -0.315. The summed E-state index contributed by atoms with van der Waals surface area (Å²) in [5.74, 6) is -0.260. The number of hydrogen-bond acceptors (Lipinski definition) is 3. The van der Waals surface area contributed by atoms with Gasteiger partial charge in [-0.25, -0.2) is 13.8 Å². The molecule has 0 saturated carbocycles. The van der Waals surface area contributed by atoms with E-state index < -0.39 is 0 Å². The fraction of sp³-hybridized carbons (Fsp3) is 0.167. The summed E-state index contributed by atoms with van der Waals surface area (Å²) in [5, 5.41) is 10.3. The number of halogens is 2. The van der Waals surface area contributed by atoms with Gasteiger partial charge in [0.2, 0.25) is 5.88 Å². The zero-order valence-corrected chi connectivity index (χ0v) is 16.6. The lowest BCUT2D eigenvalue weighted by molar-refractivity contribution is 0.296. The highest BCUT2D eigenvalue weighted by Gasteiger charge is 2.19. The van der Waals surface area contributed by atoms with Crippen LogP contribution in [0.25, 0.3) is 10.9 Å². The first-order valence-electron chi connectivity index (χ1n) is 9.48. The maximum absolute atomic E-state index is 13.3. The average Bonchev–Trinajstić information content (AvgIpc) is 2.99. The molecule has 2 heterocycles. The smallest absolute Gasteiger partial charge is 0.240 e. The van der Waals surface area contributed by atoms with Crippen LogP contribution in [-0.4, -0.2) is 9.55 Å². The quantitative estimate of drug-likeness (QED) is 0.446. The summed E-state index contributed by atoms with van der Waals surface area (Å²) in [5.41, 5.74) is 4.80. The summed E-state index contributed by atoms with van der Waals surface area (Å²) in [6, 6.07) is 16.2. The third kappa shape index (κ3) is 3.74. The van der Waals surface area contributed by atoms with Gasteiger partial charge in [-0.1, -0.05) is 24.3 Å². The van der Waals surface area contributed by atoms with Crippen molar-refractivity contribution in [2.24, 2.45) is 0 Å². The second kappa shape index (κ2) is 7.96. The molecule has 0 fully saturated rings. The number of nitrogens with zero attached hydrogens (tertiary/aromatic N) is 3. The van der Waals surface area contributed by atoms with E-state index in [9.17, 15) is 14.0 Å². The van der Waals surface area contributed by atoms with Gasteiger partial charge in [-0.2, -0.15) is 5.26 Å². The number of rotatable bonds is 5. The van der Waals surface area contributed by atoms with Crippen molar-refractivity contribution < 1.29 is 13.5 Å². The number of benzene rings is 2. The van der Waals surface area contributed by atoms with E-state index in [1.54, 1.807) is 30.3 Å². The Morgan fingerprint density at radius 1 is 0.967 bits per heavy atom. The molecular weight excluding hydrogens is 384 g/mol. The van der Waals surface area contributed by atoms with E-state index in [1.807, 2.05) is 13.8 Å². The molecule has 6 heteroatoms. The number of pyridine rings is 1. The van der Waals surface area contributed by atoms with Crippen LogP contribution in [0, 0.1) is 36.8 Å². The Hall–Kier alpha value is -3.72. The number of aryl methyl sites for hydroxylation is 1. The van der Waals surface area contributed by atoms with Gasteiger partial charge in [-0.05, 0) is 60.9 Å². The van der Waals surface area contributed by atoms with Gasteiger partial charge < -0.3 is 9.30 Å². The largest absolute Gasteiger partial charge is 0.471 e. The molecule has 30 heavy (non-hydrogen) atoms. The van der Waals surface area contributed by atoms with E-state index in [2.05, 4.69) is 15.6 Å². The number of aromatic nitrogens is 2. The Kier molecular flexibility index (Phi) is 5.20. The number of fused-ring (bicyclic) bond motifs is 1.